The molecule has 5 unspecified atom stereocenters. The van der Waals surface area contributed by atoms with Gasteiger partial charge in [0.15, 0.2) is 6.29 Å². The van der Waals surface area contributed by atoms with Crippen LogP contribution in [0.3, 0.4) is 0 Å². The molecule has 2 rings (SSSR count). The minimum atomic E-state index is -1.52. The Bertz CT molecular complexity index is 491. The van der Waals surface area contributed by atoms with E-state index in [0.29, 0.717) is 5.56 Å². The molecule has 7 nitrogen and oxygen atoms in total. The minimum absolute atomic E-state index is 0.360. The molecule has 116 valence electrons. The van der Waals surface area contributed by atoms with Crippen LogP contribution in [0.5, 0.6) is 0 Å². The van der Waals surface area contributed by atoms with Gasteiger partial charge in [0, 0.05) is 5.56 Å². The number of carbonyl (C=O) groups is 1. The smallest absolute Gasteiger partial charge is 0.251 e. The zero-order chi connectivity index (χ0) is 15.6. The van der Waals surface area contributed by atoms with Crippen LogP contribution in [0.1, 0.15) is 15.9 Å². The van der Waals surface area contributed by atoms with Crippen molar-refractivity contribution in [2.75, 3.05) is 6.61 Å². The average Bonchev–Trinajstić information content (AvgIpc) is 2.47. The first-order chi connectivity index (χ1) is 9.93. The van der Waals surface area contributed by atoms with Crippen molar-refractivity contribution in [3.63, 3.8) is 0 Å². The van der Waals surface area contributed by atoms with Crippen LogP contribution in [0.2, 0.25) is 0 Å². The molecule has 1 aliphatic rings. The topological polar surface area (TPSA) is 119 Å². The van der Waals surface area contributed by atoms with Gasteiger partial charge < -0.3 is 30.5 Å². The Morgan fingerprint density at radius 1 is 1.19 bits per heavy atom. The highest BCUT2D eigenvalue weighted by Crippen LogP contribution is 2.20. The highest BCUT2D eigenvalue weighted by molar-refractivity contribution is 5.94. The lowest BCUT2D eigenvalue weighted by Gasteiger charge is -2.40. The Balaban J connectivity index is 2.07. The van der Waals surface area contributed by atoms with Gasteiger partial charge in [0.2, 0.25) is 0 Å². The van der Waals surface area contributed by atoms with Crippen molar-refractivity contribution in [1.29, 1.82) is 0 Å². The van der Waals surface area contributed by atoms with Gasteiger partial charge in [-0.2, -0.15) is 0 Å². The second kappa shape index (κ2) is 6.50. The maximum absolute atomic E-state index is 12.1. The van der Waals surface area contributed by atoms with E-state index in [9.17, 15) is 20.1 Å². The van der Waals surface area contributed by atoms with E-state index in [1.54, 1.807) is 24.3 Å². The molecule has 0 radical (unpaired) electrons. The van der Waals surface area contributed by atoms with Gasteiger partial charge in [-0.05, 0) is 19.1 Å². The summed E-state index contributed by atoms with van der Waals surface area (Å²) in [5, 5.41) is 40.9. The Kier molecular flexibility index (Phi) is 4.92. The van der Waals surface area contributed by atoms with Gasteiger partial charge in [0.05, 0.1) is 6.61 Å². The van der Waals surface area contributed by atoms with Crippen LogP contribution in [0.15, 0.2) is 24.3 Å². The van der Waals surface area contributed by atoms with E-state index >= 15 is 0 Å². The van der Waals surface area contributed by atoms with E-state index in [-0.39, 0.29) is 0 Å². The predicted octanol–water partition coefficient (Wildman–Crippen LogP) is -1.48. The molecule has 1 aliphatic heterocycles. The van der Waals surface area contributed by atoms with Gasteiger partial charge in [-0.15, -0.1) is 0 Å². The molecule has 0 aromatic heterocycles. The van der Waals surface area contributed by atoms with Gasteiger partial charge >= 0.3 is 0 Å². The number of hydrogen-bond acceptors (Lipinski definition) is 6. The van der Waals surface area contributed by atoms with Crippen molar-refractivity contribution in [3.05, 3.63) is 35.4 Å². The predicted molar refractivity (Wildman–Crippen MR) is 72.4 cm³/mol. The molecule has 21 heavy (non-hydrogen) atoms. The van der Waals surface area contributed by atoms with Gasteiger partial charge in [-0.25, -0.2) is 0 Å². The standard InChI is InChI=1S/C14H19NO6/c1-7-2-4-8(5-3-7)13(19)15-10-12(18)11(17)9(6-16)21-14(10)20/h2-5,9-12,14,16-18,20H,6H2,1H3,(H,15,19). The molecule has 0 spiro atoms. The number of hydrogen-bond donors (Lipinski definition) is 5. The van der Waals surface area contributed by atoms with Crippen LogP contribution in [0, 0.1) is 6.92 Å². The number of ether oxygens (including phenoxy) is 1. The second-order valence-corrected chi connectivity index (χ2v) is 5.09. The summed E-state index contributed by atoms with van der Waals surface area (Å²) in [6.45, 7) is 1.34. The van der Waals surface area contributed by atoms with Crippen molar-refractivity contribution in [3.8, 4) is 0 Å². The SMILES string of the molecule is Cc1ccc(C(=O)NC2C(O)OC(CO)C(O)C2O)cc1. The molecule has 1 heterocycles. The molecule has 1 amide bonds. The van der Waals surface area contributed by atoms with Crippen molar-refractivity contribution in [1.82, 2.24) is 5.32 Å². The van der Waals surface area contributed by atoms with Gasteiger partial charge in [0.25, 0.3) is 5.91 Å². The third-order valence-corrected chi connectivity index (χ3v) is 3.51. The Hall–Kier alpha value is -1.51. The lowest BCUT2D eigenvalue weighted by atomic mass is 9.96. The highest BCUT2D eigenvalue weighted by Gasteiger charge is 2.44. The summed E-state index contributed by atoms with van der Waals surface area (Å²) in [6.07, 6.45) is -5.46. The monoisotopic (exact) mass is 297 g/mol. The molecule has 1 aromatic rings. The van der Waals surface area contributed by atoms with E-state index in [4.69, 9.17) is 9.84 Å². The molecule has 1 saturated heterocycles. The minimum Gasteiger partial charge on any atom is -0.394 e. The summed E-state index contributed by atoms with van der Waals surface area (Å²) in [5.74, 6) is -0.503. The van der Waals surface area contributed by atoms with E-state index in [1.165, 1.54) is 0 Å². The summed E-state index contributed by atoms with van der Waals surface area (Å²) in [5.41, 5.74) is 1.35. The first kappa shape index (κ1) is 15.9. The number of aliphatic hydroxyl groups excluding tert-OH is 4. The zero-order valence-corrected chi connectivity index (χ0v) is 11.5. The van der Waals surface area contributed by atoms with Crippen LogP contribution in [-0.4, -0.2) is 63.6 Å². The van der Waals surface area contributed by atoms with Crippen LogP contribution >= 0.6 is 0 Å². The van der Waals surface area contributed by atoms with E-state index < -0.39 is 43.2 Å². The van der Waals surface area contributed by atoms with E-state index in [0.717, 1.165) is 5.56 Å². The van der Waals surface area contributed by atoms with Crippen LogP contribution < -0.4 is 5.32 Å². The summed E-state index contributed by atoms with van der Waals surface area (Å²) in [4.78, 5) is 12.1. The second-order valence-electron chi connectivity index (χ2n) is 5.09. The Labute approximate surface area is 121 Å². The number of carbonyl (C=O) groups excluding carboxylic acids is 1. The third-order valence-electron chi connectivity index (χ3n) is 3.51. The van der Waals surface area contributed by atoms with Crippen molar-refractivity contribution in [2.45, 2.75) is 37.6 Å². The van der Waals surface area contributed by atoms with Crippen molar-refractivity contribution in [2.24, 2.45) is 0 Å². The average molecular weight is 297 g/mol. The van der Waals surface area contributed by atoms with Gasteiger partial charge in [-0.3, -0.25) is 4.79 Å². The Morgan fingerprint density at radius 2 is 1.81 bits per heavy atom. The van der Waals surface area contributed by atoms with E-state index in [2.05, 4.69) is 5.32 Å². The summed E-state index contributed by atoms with van der Waals surface area (Å²) < 4.78 is 4.97. The van der Waals surface area contributed by atoms with Crippen LogP contribution in [0.25, 0.3) is 0 Å². The number of aliphatic hydroxyl groups is 4. The molecule has 0 bridgehead atoms. The number of aryl methyl sites for hydroxylation is 1. The molecule has 0 aliphatic carbocycles. The molecule has 1 aromatic carbocycles. The molecule has 5 N–H and O–H groups in total. The summed E-state index contributed by atoms with van der Waals surface area (Å²) in [7, 11) is 0. The first-order valence-electron chi connectivity index (χ1n) is 6.62. The highest BCUT2D eigenvalue weighted by atomic mass is 16.6. The maximum Gasteiger partial charge on any atom is 0.251 e. The number of amides is 1. The molecule has 5 atom stereocenters. The molecule has 1 fully saturated rings. The number of nitrogens with one attached hydrogen (secondary N) is 1. The maximum atomic E-state index is 12.1. The normalized spacial score (nSPS) is 32.7. The van der Waals surface area contributed by atoms with E-state index in [1.807, 2.05) is 6.92 Å². The molecular formula is C14H19NO6. The fourth-order valence-corrected chi connectivity index (χ4v) is 2.19. The van der Waals surface area contributed by atoms with Gasteiger partial charge in [-0.1, -0.05) is 17.7 Å². The molecular weight excluding hydrogens is 278 g/mol. The molecule has 0 saturated carbocycles. The van der Waals surface area contributed by atoms with Crippen molar-refractivity contribution < 1.29 is 30.0 Å². The van der Waals surface area contributed by atoms with Crippen LogP contribution in [0.4, 0.5) is 0 Å². The number of benzene rings is 1. The quantitative estimate of drug-likeness (QED) is 0.464. The lowest BCUT2D eigenvalue weighted by molar-refractivity contribution is -0.252. The lowest BCUT2D eigenvalue weighted by Crippen LogP contribution is -2.64. The fourth-order valence-electron chi connectivity index (χ4n) is 2.19. The zero-order valence-electron chi connectivity index (χ0n) is 11.5. The first-order valence-corrected chi connectivity index (χ1v) is 6.62. The summed E-state index contributed by atoms with van der Waals surface area (Å²) >= 11 is 0. The number of rotatable bonds is 3. The Morgan fingerprint density at radius 3 is 2.38 bits per heavy atom. The van der Waals surface area contributed by atoms with Crippen LogP contribution in [-0.2, 0) is 4.74 Å². The molecule has 7 heteroatoms. The fraction of sp³-hybridized carbons (Fsp3) is 0.500. The third kappa shape index (κ3) is 3.39. The van der Waals surface area contributed by atoms with Crippen molar-refractivity contribution >= 4 is 5.91 Å². The largest absolute Gasteiger partial charge is 0.394 e. The summed E-state index contributed by atoms with van der Waals surface area (Å²) in [6, 6.07) is 5.56. The van der Waals surface area contributed by atoms with Gasteiger partial charge in [0.1, 0.15) is 24.4 Å².